The molecule has 1 spiro atoms. The summed E-state index contributed by atoms with van der Waals surface area (Å²) in [5, 5.41) is 0. The van der Waals surface area contributed by atoms with Crippen LogP contribution in [0, 0.1) is 0 Å². The second-order valence-corrected chi connectivity index (χ2v) is 5.67. The molecule has 112 valence electrons. The molecule has 0 saturated heterocycles. The predicted molar refractivity (Wildman–Crippen MR) is 74.0 cm³/mol. The molecule has 1 aromatic heterocycles. The first-order chi connectivity index (χ1) is 9.98. The van der Waals surface area contributed by atoms with Crippen molar-refractivity contribution in [1.29, 1.82) is 0 Å². The van der Waals surface area contributed by atoms with Crippen LogP contribution in [0.3, 0.4) is 0 Å². The quantitative estimate of drug-likeness (QED) is 0.840. The van der Waals surface area contributed by atoms with Gasteiger partial charge >= 0.3 is 0 Å². The summed E-state index contributed by atoms with van der Waals surface area (Å²) >= 11 is 0. The number of amides is 2. The van der Waals surface area contributed by atoms with Crippen molar-refractivity contribution in [2.45, 2.75) is 24.8 Å². The molecule has 0 unspecified atom stereocenters. The van der Waals surface area contributed by atoms with Crippen LogP contribution >= 0.6 is 0 Å². The first-order valence-electron chi connectivity index (χ1n) is 6.84. The second kappa shape index (κ2) is 4.70. The number of hydrogen-bond donors (Lipinski definition) is 1. The minimum absolute atomic E-state index is 0.0713. The molecule has 0 bridgehead atoms. The van der Waals surface area contributed by atoms with Gasteiger partial charge in [0.15, 0.2) is 5.43 Å². The van der Waals surface area contributed by atoms with E-state index in [0.717, 1.165) is 19.3 Å². The van der Waals surface area contributed by atoms with Crippen molar-refractivity contribution in [2.24, 2.45) is 5.73 Å². The number of hydrogen-bond acceptors (Lipinski definition) is 4. The Hall–Kier alpha value is -2.15. The van der Waals surface area contributed by atoms with Crippen LogP contribution in [0.1, 0.15) is 40.1 Å². The lowest BCUT2D eigenvalue weighted by Crippen LogP contribution is -2.58. The summed E-state index contributed by atoms with van der Waals surface area (Å²) < 4.78 is 6.83. The molecule has 0 atom stereocenters. The molecule has 0 radical (unpaired) electrons. The summed E-state index contributed by atoms with van der Waals surface area (Å²) in [5.74, 6) is -1.03. The molecule has 2 N–H and O–H groups in total. The number of ether oxygens (including phenoxy) is 1. The van der Waals surface area contributed by atoms with Crippen molar-refractivity contribution >= 4 is 11.8 Å². The van der Waals surface area contributed by atoms with E-state index in [1.807, 2.05) is 0 Å². The van der Waals surface area contributed by atoms with Gasteiger partial charge in [-0.3, -0.25) is 14.4 Å². The molecule has 1 aliphatic heterocycles. The maximum atomic E-state index is 12.4. The number of nitrogens with zero attached hydrogens (tertiary/aromatic N) is 2. The molecule has 0 aromatic carbocycles. The second-order valence-electron chi connectivity index (χ2n) is 5.67. The van der Waals surface area contributed by atoms with Crippen LogP contribution in [-0.2, 0) is 10.3 Å². The first-order valence-corrected chi connectivity index (χ1v) is 6.84. The summed E-state index contributed by atoms with van der Waals surface area (Å²) in [4.78, 5) is 37.3. The minimum atomic E-state index is -0.767. The Balaban J connectivity index is 2.17. The number of methoxy groups -OCH3 is 1. The Kier molecular flexibility index (Phi) is 3.09. The van der Waals surface area contributed by atoms with E-state index in [2.05, 4.69) is 0 Å². The molecule has 3 rings (SSSR count). The average Bonchev–Trinajstić information content (AvgIpc) is 2.39. The van der Waals surface area contributed by atoms with Gasteiger partial charge in [0.1, 0.15) is 18.0 Å². The van der Waals surface area contributed by atoms with Crippen LogP contribution in [0.2, 0.25) is 0 Å². The van der Waals surface area contributed by atoms with Crippen molar-refractivity contribution in [3.05, 3.63) is 33.7 Å². The van der Waals surface area contributed by atoms with Gasteiger partial charge < -0.3 is 19.9 Å². The monoisotopic (exact) mass is 291 g/mol. The van der Waals surface area contributed by atoms with Gasteiger partial charge in [-0.2, -0.15) is 0 Å². The molecule has 2 amide bonds. The summed E-state index contributed by atoms with van der Waals surface area (Å²) in [7, 11) is 1.53. The Morgan fingerprint density at radius 1 is 1.43 bits per heavy atom. The van der Waals surface area contributed by atoms with Gasteiger partial charge in [0.25, 0.3) is 11.8 Å². The van der Waals surface area contributed by atoms with Gasteiger partial charge in [-0.25, -0.2) is 0 Å². The van der Waals surface area contributed by atoms with Crippen molar-refractivity contribution in [3.8, 4) is 0 Å². The van der Waals surface area contributed by atoms with Crippen molar-refractivity contribution in [3.63, 3.8) is 0 Å². The zero-order valence-corrected chi connectivity index (χ0v) is 11.8. The molecule has 1 fully saturated rings. The number of carbonyl (C=O) groups is 2. The highest BCUT2D eigenvalue weighted by Crippen LogP contribution is 2.43. The van der Waals surface area contributed by atoms with Crippen LogP contribution in [-0.4, -0.2) is 41.7 Å². The lowest BCUT2D eigenvalue weighted by atomic mass is 9.74. The van der Waals surface area contributed by atoms with Gasteiger partial charge in [0.2, 0.25) is 0 Å². The molecule has 7 nitrogen and oxygen atoms in total. The molecule has 7 heteroatoms. The highest BCUT2D eigenvalue weighted by molar-refractivity contribution is 5.96. The van der Waals surface area contributed by atoms with Gasteiger partial charge in [-0.15, -0.1) is 0 Å². The van der Waals surface area contributed by atoms with E-state index in [1.54, 1.807) is 9.47 Å². The van der Waals surface area contributed by atoms with E-state index in [4.69, 9.17) is 10.5 Å². The van der Waals surface area contributed by atoms with Crippen LogP contribution < -0.4 is 11.2 Å². The van der Waals surface area contributed by atoms with Gasteiger partial charge in [-0.1, -0.05) is 0 Å². The van der Waals surface area contributed by atoms with Crippen LogP contribution in [0.25, 0.3) is 0 Å². The summed E-state index contributed by atoms with van der Waals surface area (Å²) in [5.41, 5.74) is 4.70. The fraction of sp³-hybridized carbons (Fsp3) is 0.500. The largest absolute Gasteiger partial charge is 0.365 e. The third-order valence-electron chi connectivity index (χ3n) is 4.39. The van der Waals surface area contributed by atoms with Crippen molar-refractivity contribution < 1.29 is 14.3 Å². The van der Waals surface area contributed by atoms with Crippen LogP contribution in [0.4, 0.5) is 0 Å². The number of aromatic nitrogens is 1. The average molecular weight is 291 g/mol. The van der Waals surface area contributed by atoms with E-state index in [-0.39, 0.29) is 23.7 Å². The maximum absolute atomic E-state index is 12.4. The van der Waals surface area contributed by atoms with Crippen LogP contribution in [0.15, 0.2) is 17.1 Å². The molecule has 1 saturated carbocycles. The standard InChI is InChI=1S/C14H17N3O4/c1-21-8-16-7-14(3-2-4-14)17-6-9(12(15)19)11(18)5-10(17)13(16)20/h5-6H,2-4,7-8H2,1H3,(H2,15,19). The lowest BCUT2D eigenvalue weighted by molar-refractivity contribution is -0.00554. The Morgan fingerprint density at radius 3 is 2.67 bits per heavy atom. The number of carbonyl (C=O) groups excluding carboxylic acids is 2. The Bertz CT molecular complexity index is 675. The smallest absolute Gasteiger partial charge is 0.272 e. The van der Waals surface area contributed by atoms with E-state index in [9.17, 15) is 14.4 Å². The Morgan fingerprint density at radius 2 is 2.14 bits per heavy atom. The first kappa shape index (κ1) is 13.8. The number of primary amides is 1. The molecular weight excluding hydrogens is 274 g/mol. The number of pyridine rings is 1. The number of nitrogens with two attached hydrogens (primary N) is 1. The van der Waals surface area contributed by atoms with Crippen molar-refractivity contribution in [1.82, 2.24) is 9.47 Å². The zero-order valence-electron chi connectivity index (χ0n) is 11.8. The topological polar surface area (TPSA) is 94.6 Å². The van der Waals surface area contributed by atoms with E-state index >= 15 is 0 Å². The van der Waals surface area contributed by atoms with Gasteiger partial charge in [0, 0.05) is 25.9 Å². The highest BCUT2D eigenvalue weighted by Gasteiger charge is 2.46. The highest BCUT2D eigenvalue weighted by atomic mass is 16.5. The van der Waals surface area contributed by atoms with E-state index < -0.39 is 11.3 Å². The lowest BCUT2D eigenvalue weighted by Gasteiger charge is -2.50. The summed E-state index contributed by atoms with van der Waals surface area (Å²) in [6, 6.07) is 1.21. The molecular formula is C14H17N3O4. The van der Waals surface area contributed by atoms with Gasteiger partial charge in [-0.05, 0) is 19.3 Å². The molecule has 21 heavy (non-hydrogen) atoms. The third-order valence-corrected chi connectivity index (χ3v) is 4.39. The zero-order chi connectivity index (χ0) is 15.2. The minimum Gasteiger partial charge on any atom is -0.365 e. The molecule has 1 aliphatic carbocycles. The van der Waals surface area contributed by atoms with E-state index in [1.165, 1.54) is 19.4 Å². The number of fused-ring (bicyclic) bond motifs is 2. The fourth-order valence-corrected chi connectivity index (χ4v) is 3.19. The van der Waals surface area contributed by atoms with E-state index in [0.29, 0.717) is 12.2 Å². The maximum Gasteiger partial charge on any atom is 0.272 e. The summed E-state index contributed by atoms with van der Waals surface area (Å²) in [6.07, 6.45) is 4.29. The fourth-order valence-electron chi connectivity index (χ4n) is 3.19. The third kappa shape index (κ3) is 1.96. The molecule has 2 heterocycles. The Labute approximate surface area is 121 Å². The predicted octanol–water partition coefficient (Wildman–Crippen LogP) is -0.114. The SMILES string of the molecule is COCN1CC2(CCC2)n2cc(C(N)=O)c(=O)cc2C1=O. The molecule has 1 aromatic rings. The van der Waals surface area contributed by atoms with Gasteiger partial charge in [0.05, 0.1) is 5.54 Å². The summed E-state index contributed by atoms with van der Waals surface area (Å²) in [6.45, 7) is 0.708. The van der Waals surface area contributed by atoms with Crippen LogP contribution in [0.5, 0.6) is 0 Å². The van der Waals surface area contributed by atoms with Crippen molar-refractivity contribution in [2.75, 3.05) is 20.4 Å². The number of rotatable bonds is 3. The molecule has 2 aliphatic rings. The normalized spacial score (nSPS) is 19.3.